The first-order valence-electron chi connectivity index (χ1n) is 16.7. The van der Waals surface area contributed by atoms with Gasteiger partial charge >= 0.3 is 5.97 Å². The van der Waals surface area contributed by atoms with Gasteiger partial charge in [0.05, 0.1) is 18.2 Å². The van der Waals surface area contributed by atoms with Crippen LogP contribution in [0.15, 0.2) is 60.7 Å². The summed E-state index contributed by atoms with van der Waals surface area (Å²) >= 11 is 0. The molecule has 1 saturated carbocycles. The highest BCUT2D eigenvalue weighted by molar-refractivity contribution is 5.90. The van der Waals surface area contributed by atoms with E-state index < -0.39 is 52.6 Å². The molecule has 262 valence electrons. The molecule has 8 nitrogen and oxygen atoms in total. The third-order valence-corrected chi connectivity index (χ3v) is 9.47. The third-order valence-electron chi connectivity index (χ3n) is 9.47. The van der Waals surface area contributed by atoms with E-state index in [1.54, 1.807) is 23.1 Å². The fraction of sp³-hybridized carbons (Fsp3) is 0.395. The average molecular weight is 692 g/mol. The molecule has 2 fully saturated rings. The van der Waals surface area contributed by atoms with Crippen molar-refractivity contribution in [2.75, 3.05) is 13.2 Å². The van der Waals surface area contributed by atoms with E-state index >= 15 is 0 Å². The minimum absolute atomic E-state index is 0.0311. The number of halogens is 4. The van der Waals surface area contributed by atoms with E-state index in [0.29, 0.717) is 30.0 Å². The second-order valence-electron chi connectivity index (χ2n) is 13.0. The van der Waals surface area contributed by atoms with Crippen molar-refractivity contribution in [3.8, 4) is 17.6 Å². The summed E-state index contributed by atoms with van der Waals surface area (Å²) in [6.07, 6.45) is 2.40. The minimum Gasteiger partial charge on any atom is -0.488 e. The van der Waals surface area contributed by atoms with E-state index in [9.17, 15) is 37.1 Å². The number of aryl methyl sites for hydroxylation is 1. The van der Waals surface area contributed by atoms with Crippen LogP contribution in [-0.2, 0) is 32.9 Å². The summed E-state index contributed by atoms with van der Waals surface area (Å²) in [5.74, 6) is -0.150. The van der Waals surface area contributed by atoms with E-state index in [1.807, 2.05) is 24.3 Å². The molecule has 2 heterocycles. The van der Waals surface area contributed by atoms with Gasteiger partial charge < -0.3 is 19.6 Å². The molecule has 3 aromatic rings. The van der Waals surface area contributed by atoms with Crippen LogP contribution in [0.2, 0.25) is 0 Å². The Morgan fingerprint density at radius 2 is 1.68 bits per heavy atom. The molecular formula is C38H37F4N3O5. The average Bonchev–Trinajstić information content (AvgIpc) is 3.94. The van der Waals surface area contributed by atoms with E-state index in [1.165, 1.54) is 11.0 Å². The van der Waals surface area contributed by atoms with Gasteiger partial charge in [-0.1, -0.05) is 54.3 Å². The van der Waals surface area contributed by atoms with Gasteiger partial charge in [0.2, 0.25) is 17.6 Å². The number of hydrogen-bond donors (Lipinski definition) is 2. The van der Waals surface area contributed by atoms with Gasteiger partial charge in [0.15, 0.2) is 17.4 Å². The van der Waals surface area contributed by atoms with Crippen molar-refractivity contribution in [2.24, 2.45) is 0 Å². The molecular weight excluding hydrogens is 654 g/mol. The number of nitrogens with one attached hydrogen (secondary N) is 1. The lowest BCUT2D eigenvalue weighted by Gasteiger charge is -2.53. The van der Waals surface area contributed by atoms with Crippen molar-refractivity contribution in [1.82, 2.24) is 15.1 Å². The molecule has 6 rings (SSSR count). The third kappa shape index (κ3) is 7.48. The largest absolute Gasteiger partial charge is 0.488 e. The Morgan fingerprint density at radius 3 is 2.40 bits per heavy atom. The summed E-state index contributed by atoms with van der Waals surface area (Å²) < 4.78 is 61.5. The quantitative estimate of drug-likeness (QED) is 0.101. The predicted molar refractivity (Wildman–Crippen MR) is 175 cm³/mol. The summed E-state index contributed by atoms with van der Waals surface area (Å²) in [7, 11) is 0. The molecule has 1 aliphatic carbocycles. The number of hydrogen-bond acceptors (Lipinski definition) is 5. The SMILES string of the molecule is O=C(O)CCCC(=O)N1C[C@@H]2C#CC[C@](c3ccc(CCCOc4c(F)ccc(F)c4F)cc3)(N2)C1C(=O)N(Cc1ccccc1F)C1CC1. The number of piperazine rings is 1. The van der Waals surface area contributed by atoms with Crippen LogP contribution in [0.5, 0.6) is 5.75 Å². The normalized spacial score (nSPS) is 20.8. The maximum absolute atomic E-state index is 14.8. The van der Waals surface area contributed by atoms with Gasteiger partial charge in [0, 0.05) is 44.0 Å². The lowest BCUT2D eigenvalue weighted by atomic mass is 9.73. The second-order valence-corrected chi connectivity index (χ2v) is 13.0. The Kier molecular flexibility index (Phi) is 10.4. The molecule has 12 heteroatoms. The number of ether oxygens (including phenoxy) is 1. The number of carboxylic acids is 1. The van der Waals surface area contributed by atoms with E-state index in [4.69, 9.17) is 4.74 Å². The highest BCUT2D eigenvalue weighted by Crippen LogP contribution is 2.41. The molecule has 1 unspecified atom stereocenters. The van der Waals surface area contributed by atoms with Gasteiger partial charge in [0.25, 0.3) is 0 Å². The van der Waals surface area contributed by atoms with Gasteiger partial charge in [-0.05, 0) is 61.4 Å². The Labute approximate surface area is 287 Å². The molecule has 50 heavy (non-hydrogen) atoms. The number of fused-ring (bicyclic) bond motifs is 2. The topological polar surface area (TPSA) is 99.2 Å². The van der Waals surface area contributed by atoms with Gasteiger partial charge in [-0.15, -0.1) is 0 Å². The molecule has 0 aromatic heterocycles. The number of carbonyl (C=O) groups is 3. The zero-order chi connectivity index (χ0) is 35.4. The van der Waals surface area contributed by atoms with Gasteiger partial charge in [-0.3, -0.25) is 19.7 Å². The lowest BCUT2D eigenvalue weighted by molar-refractivity contribution is -0.155. The maximum Gasteiger partial charge on any atom is 0.303 e. The summed E-state index contributed by atoms with van der Waals surface area (Å²) in [5, 5.41) is 12.7. The monoisotopic (exact) mass is 691 g/mol. The smallest absolute Gasteiger partial charge is 0.303 e. The van der Waals surface area contributed by atoms with Crippen molar-refractivity contribution >= 4 is 17.8 Å². The summed E-state index contributed by atoms with van der Waals surface area (Å²) in [6.45, 7) is 0.0968. The number of benzene rings is 3. The number of amides is 2. The second kappa shape index (κ2) is 14.9. The Balaban J connectivity index is 1.27. The van der Waals surface area contributed by atoms with Crippen LogP contribution < -0.4 is 10.1 Å². The Morgan fingerprint density at radius 1 is 0.940 bits per heavy atom. The lowest BCUT2D eigenvalue weighted by Crippen LogP contribution is -2.73. The van der Waals surface area contributed by atoms with Crippen LogP contribution in [-0.4, -0.2) is 64.0 Å². The van der Waals surface area contributed by atoms with Gasteiger partial charge in [-0.25, -0.2) is 13.2 Å². The van der Waals surface area contributed by atoms with Crippen LogP contribution in [0, 0.1) is 35.1 Å². The molecule has 3 aliphatic rings. The Hall–Kier alpha value is -4.89. The molecule has 2 aliphatic heterocycles. The molecule has 3 atom stereocenters. The first-order chi connectivity index (χ1) is 24.1. The maximum atomic E-state index is 14.8. The number of carbonyl (C=O) groups excluding carboxylic acids is 2. The molecule has 2 bridgehead atoms. The molecule has 0 radical (unpaired) electrons. The van der Waals surface area contributed by atoms with E-state index in [-0.39, 0.29) is 63.2 Å². The predicted octanol–water partition coefficient (Wildman–Crippen LogP) is 5.47. The van der Waals surface area contributed by atoms with Gasteiger partial charge in [0.1, 0.15) is 11.9 Å². The molecule has 2 amide bonds. The number of nitrogens with zero attached hydrogens (tertiary/aromatic N) is 2. The van der Waals surface area contributed by atoms with Crippen LogP contribution in [0.4, 0.5) is 17.6 Å². The van der Waals surface area contributed by atoms with Crippen LogP contribution in [0.1, 0.15) is 61.6 Å². The first kappa shape index (κ1) is 35.0. The number of aliphatic carboxylic acids is 1. The summed E-state index contributed by atoms with van der Waals surface area (Å²) in [6, 6.07) is 13.6. The van der Waals surface area contributed by atoms with Crippen molar-refractivity contribution in [1.29, 1.82) is 0 Å². The van der Waals surface area contributed by atoms with Crippen LogP contribution >= 0.6 is 0 Å². The van der Waals surface area contributed by atoms with Crippen LogP contribution in [0.3, 0.4) is 0 Å². The standard InChI is InChI=1S/C38H37F4N3O5/c39-29-9-2-1-7-25(29)22-44(28-16-17-28)37(49)36-38(20-4-8-27(43-38)23-45(36)32(46)10-3-11-33(47)48)26-14-12-24(13-15-26)6-5-21-50-35-31(41)19-18-30(40)34(35)42/h1-2,7,9,12-15,18-19,27-28,36,43H,3,5-6,10-11,16-17,20-23H2,(H,47,48)/t27-,36?,38+/m0/s1. The minimum atomic E-state index is -1.38. The highest BCUT2D eigenvalue weighted by atomic mass is 19.2. The van der Waals surface area contributed by atoms with Gasteiger partial charge in [-0.2, -0.15) is 4.39 Å². The number of carboxylic acid groups (broad SMARTS) is 1. The Bertz CT molecular complexity index is 1820. The fourth-order valence-electron chi connectivity index (χ4n) is 6.81. The summed E-state index contributed by atoms with van der Waals surface area (Å²) in [4.78, 5) is 43.1. The van der Waals surface area contributed by atoms with E-state index in [2.05, 4.69) is 17.2 Å². The molecule has 1 saturated heterocycles. The van der Waals surface area contributed by atoms with Crippen molar-refractivity contribution < 1.29 is 41.8 Å². The summed E-state index contributed by atoms with van der Waals surface area (Å²) in [5.41, 5.74) is 0.821. The van der Waals surface area contributed by atoms with E-state index in [0.717, 1.165) is 24.5 Å². The van der Waals surface area contributed by atoms with Crippen molar-refractivity contribution in [2.45, 2.75) is 81.6 Å². The first-order valence-corrected chi connectivity index (χ1v) is 16.7. The zero-order valence-corrected chi connectivity index (χ0v) is 27.3. The van der Waals surface area contributed by atoms with Crippen molar-refractivity contribution in [3.63, 3.8) is 0 Å². The van der Waals surface area contributed by atoms with Crippen molar-refractivity contribution in [3.05, 3.63) is 101 Å². The zero-order valence-electron chi connectivity index (χ0n) is 27.3. The molecule has 3 aromatic carbocycles. The van der Waals surface area contributed by atoms with Crippen LogP contribution in [0.25, 0.3) is 0 Å². The number of rotatable bonds is 14. The molecule has 0 spiro atoms. The fourth-order valence-corrected chi connectivity index (χ4v) is 6.81. The molecule has 2 N–H and O–H groups in total. The highest BCUT2D eigenvalue weighted by Gasteiger charge is 2.56.